The predicted molar refractivity (Wildman–Crippen MR) is 88.2 cm³/mol. The van der Waals surface area contributed by atoms with E-state index in [1.807, 2.05) is 5.38 Å². The normalized spacial score (nSPS) is 19.0. The largest absolute Gasteiger partial charge is 0.291 e. The molecule has 1 fully saturated rings. The Morgan fingerprint density at radius 2 is 2.14 bits per heavy atom. The highest BCUT2D eigenvalue weighted by Gasteiger charge is 2.26. The Morgan fingerprint density at radius 3 is 3.00 bits per heavy atom. The topological polar surface area (TPSA) is 37.6 Å². The maximum Gasteiger partial charge on any atom is 0.258 e. The first-order chi connectivity index (χ1) is 10.8. The number of aromatic nitrogens is 2. The molecule has 3 aromatic rings. The summed E-state index contributed by atoms with van der Waals surface area (Å²) in [5.74, 6) is 0. The molecule has 4 rings (SSSR count). The number of likely N-dealkylation sites (tertiary alicyclic amines) is 1. The van der Waals surface area contributed by atoms with Crippen LogP contribution in [0.15, 0.2) is 52.8 Å². The van der Waals surface area contributed by atoms with Gasteiger partial charge in [0.15, 0.2) is 4.96 Å². The second-order valence-corrected chi connectivity index (χ2v) is 6.55. The van der Waals surface area contributed by atoms with Crippen molar-refractivity contribution in [1.29, 1.82) is 0 Å². The van der Waals surface area contributed by atoms with Gasteiger partial charge in [0.05, 0.1) is 5.69 Å². The third-order valence-electron chi connectivity index (χ3n) is 4.27. The molecule has 4 nitrogen and oxygen atoms in total. The Balaban J connectivity index is 1.62. The first kappa shape index (κ1) is 13.7. The Kier molecular flexibility index (Phi) is 3.52. The molecule has 2 aromatic heterocycles. The van der Waals surface area contributed by atoms with Crippen LogP contribution in [0.3, 0.4) is 0 Å². The van der Waals surface area contributed by atoms with E-state index in [9.17, 15) is 4.79 Å². The molecule has 0 bridgehead atoms. The van der Waals surface area contributed by atoms with Crippen molar-refractivity contribution in [3.8, 4) is 0 Å². The van der Waals surface area contributed by atoms with Crippen LogP contribution in [0.4, 0.5) is 0 Å². The van der Waals surface area contributed by atoms with Crippen molar-refractivity contribution in [3.05, 3.63) is 69.6 Å². The average molecular weight is 311 g/mol. The van der Waals surface area contributed by atoms with Crippen LogP contribution < -0.4 is 5.56 Å². The molecule has 1 aliphatic heterocycles. The first-order valence-electron chi connectivity index (χ1n) is 7.56. The van der Waals surface area contributed by atoms with E-state index in [4.69, 9.17) is 0 Å². The number of nitrogens with zero attached hydrogens (tertiary/aromatic N) is 3. The van der Waals surface area contributed by atoms with Crippen LogP contribution in [0.5, 0.6) is 0 Å². The van der Waals surface area contributed by atoms with E-state index in [1.54, 1.807) is 16.7 Å². The molecular weight excluding hydrogens is 294 g/mol. The summed E-state index contributed by atoms with van der Waals surface area (Å²) in [6, 6.07) is 12.7. The van der Waals surface area contributed by atoms with Crippen LogP contribution in [-0.2, 0) is 6.54 Å². The monoisotopic (exact) mass is 311 g/mol. The Bertz CT molecular complexity index is 840. The van der Waals surface area contributed by atoms with Gasteiger partial charge in [-0.1, -0.05) is 30.3 Å². The van der Waals surface area contributed by atoms with Gasteiger partial charge < -0.3 is 0 Å². The molecule has 0 spiro atoms. The summed E-state index contributed by atoms with van der Waals surface area (Å²) in [5.41, 5.74) is 2.24. The first-order valence-corrected chi connectivity index (χ1v) is 8.44. The molecule has 0 radical (unpaired) electrons. The number of hydrogen-bond donors (Lipinski definition) is 0. The summed E-state index contributed by atoms with van der Waals surface area (Å²) in [7, 11) is 0. The summed E-state index contributed by atoms with van der Waals surface area (Å²) < 4.78 is 1.60. The van der Waals surface area contributed by atoms with Gasteiger partial charge in [-0.25, -0.2) is 4.98 Å². The van der Waals surface area contributed by atoms with Crippen molar-refractivity contribution in [2.75, 3.05) is 6.54 Å². The summed E-state index contributed by atoms with van der Waals surface area (Å²) >= 11 is 1.50. The fourth-order valence-electron chi connectivity index (χ4n) is 3.24. The molecule has 22 heavy (non-hydrogen) atoms. The number of thiazole rings is 1. The second-order valence-electron chi connectivity index (χ2n) is 5.68. The molecule has 0 N–H and O–H groups in total. The number of fused-ring (bicyclic) bond motifs is 1. The lowest BCUT2D eigenvalue weighted by atomic mass is 10.0. The molecule has 1 aromatic carbocycles. The molecule has 1 atom stereocenters. The van der Waals surface area contributed by atoms with Gasteiger partial charge >= 0.3 is 0 Å². The third kappa shape index (κ3) is 2.46. The molecule has 0 aliphatic carbocycles. The number of benzene rings is 1. The minimum absolute atomic E-state index is 0.0108. The van der Waals surface area contributed by atoms with Crippen molar-refractivity contribution in [2.45, 2.75) is 25.4 Å². The second kappa shape index (κ2) is 5.66. The van der Waals surface area contributed by atoms with E-state index in [0.29, 0.717) is 6.04 Å². The lowest BCUT2D eigenvalue weighted by Gasteiger charge is -2.24. The van der Waals surface area contributed by atoms with Crippen LogP contribution in [0.2, 0.25) is 0 Å². The van der Waals surface area contributed by atoms with Crippen molar-refractivity contribution in [3.63, 3.8) is 0 Å². The highest BCUT2D eigenvalue weighted by Crippen LogP contribution is 2.32. The average Bonchev–Trinajstić information content (AvgIpc) is 3.17. The minimum atomic E-state index is 0.0108. The van der Waals surface area contributed by atoms with E-state index in [1.165, 1.54) is 29.7 Å². The zero-order chi connectivity index (χ0) is 14.9. The quantitative estimate of drug-likeness (QED) is 0.746. The summed E-state index contributed by atoms with van der Waals surface area (Å²) in [5, 5.41) is 1.90. The van der Waals surface area contributed by atoms with Crippen LogP contribution in [0.25, 0.3) is 4.96 Å². The summed E-state index contributed by atoms with van der Waals surface area (Å²) in [6.07, 6.45) is 4.14. The van der Waals surface area contributed by atoms with E-state index in [0.717, 1.165) is 23.7 Å². The fourth-order valence-corrected chi connectivity index (χ4v) is 3.98. The summed E-state index contributed by atoms with van der Waals surface area (Å²) in [6.45, 7) is 1.80. The van der Waals surface area contributed by atoms with Crippen LogP contribution in [0.1, 0.15) is 30.1 Å². The predicted octanol–water partition coefficient (Wildman–Crippen LogP) is 3.09. The Hall–Kier alpha value is -1.98. The molecule has 0 saturated carbocycles. The zero-order valence-electron chi connectivity index (χ0n) is 12.2. The van der Waals surface area contributed by atoms with Crippen molar-refractivity contribution >= 4 is 16.3 Å². The molecule has 3 heterocycles. The van der Waals surface area contributed by atoms with E-state index >= 15 is 0 Å². The van der Waals surface area contributed by atoms with Gasteiger partial charge in [-0.15, -0.1) is 11.3 Å². The third-order valence-corrected chi connectivity index (χ3v) is 5.03. The molecule has 1 saturated heterocycles. The molecule has 1 aliphatic rings. The van der Waals surface area contributed by atoms with Crippen LogP contribution in [0, 0.1) is 0 Å². The Labute approximate surface area is 132 Å². The van der Waals surface area contributed by atoms with Gasteiger partial charge in [-0.05, 0) is 24.9 Å². The maximum atomic E-state index is 12.1. The SMILES string of the molecule is O=c1cc(CN2CCCC2c2ccccc2)nc2sccn12. The molecule has 112 valence electrons. The van der Waals surface area contributed by atoms with E-state index < -0.39 is 0 Å². The van der Waals surface area contributed by atoms with Gasteiger partial charge in [0, 0.05) is 30.2 Å². The smallest absolute Gasteiger partial charge is 0.258 e. The highest BCUT2D eigenvalue weighted by molar-refractivity contribution is 7.15. The molecule has 5 heteroatoms. The van der Waals surface area contributed by atoms with E-state index in [2.05, 4.69) is 40.2 Å². The Morgan fingerprint density at radius 1 is 1.27 bits per heavy atom. The highest BCUT2D eigenvalue weighted by atomic mass is 32.1. The lowest BCUT2D eigenvalue weighted by Crippen LogP contribution is -2.25. The minimum Gasteiger partial charge on any atom is -0.291 e. The van der Waals surface area contributed by atoms with Crippen molar-refractivity contribution in [1.82, 2.24) is 14.3 Å². The van der Waals surface area contributed by atoms with Gasteiger partial charge in [0.2, 0.25) is 0 Å². The summed E-state index contributed by atoms with van der Waals surface area (Å²) in [4.78, 5) is 19.9. The maximum absolute atomic E-state index is 12.1. The standard InChI is InChI=1S/C17H17N3OS/c21-16-11-14(18-17-20(16)9-10-22-17)12-19-8-4-7-15(19)13-5-2-1-3-6-13/h1-3,5-6,9-11,15H,4,7-8,12H2. The van der Waals surface area contributed by atoms with Gasteiger partial charge in [-0.2, -0.15) is 0 Å². The van der Waals surface area contributed by atoms with Crippen LogP contribution >= 0.6 is 11.3 Å². The molecular formula is C17H17N3OS. The zero-order valence-corrected chi connectivity index (χ0v) is 13.0. The van der Waals surface area contributed by atoms with E-state index in [-0.39, 0.29) is 5.56 Å². The number of rotatable bonds is 3. The van der Waals surface area contributed by atoms with Crippen molar-refractivity contribution in [2.24, 2.45) is 0 Å². The van der Waals surface area contributed by atoms with Gasteiger partial charge in [0.25, 0.3) is 5.56 Å². The molecule has 0 amide bonds. The van der Waals surface area contributed by atoms with Crippen molar-refractivity contribution < 1.29 is 0 Å². The van der Waals surface area contributed by atoms with Gasteiger partial charge in [0.1, 0.15) is 0 Å². The van der Waals surface area contributed by atoms with Gasteiger partial charge in [-0.3, -0.25) is 14.1 Å². The lowest BCUT2D eigenvalue weighted by molar-refractivity contribution is 0.245. The molecule has 1 unspecified atom stereocenters. The van der Waals surface area contributed by atoms with Crippen LogP contribution in [-0.4, -0.2) is 20.8 Å². The fraction of sp³-hybridized carbons (Fsp3) is 0.294. The number of hydrogen-bond acceptors (Lipinski definition) is 4.